The molecule has 0 spiro atoms. The lowest BCUT2D eigenvalue weighted by atomic mass is 10.1. The van der Waals surface area contributed by atoms with Crippen molar-refractivity contribution in [1.29, 1.82) is 0 Å². The van der Waals surface area contributed by atoms with E-state index in [4.69, 9.17) is 11.6 Å². The molecule has 1 fully saturated rings. The summed E-state index contributed by atoms with van der Waals surface area (Å²) in [6, 6.07) is 3.90. The van der Waals surface area contributed by atoms with E-state index in [9.17, 15) is 4.79 Å². The molecule has 1 aliphatic rings. The lowest BCUT2D eigenvalue weighted by Crippen LogP contribution is -2.51. The number of piperazine rings is 1. The van der Waals surface area contributed by atoms with Crippen LogP contribution in [0, 0.1) is 0 Å². The maximum absolute atomic E-state index is 12.2. The zero-order chi connectivity index (χ0) is 15.5. The van der Waals surface area contributed by atoms with E-state index in [1.165, 1.54) is 0 Å². The minimum absolute atomic E-state index is 0.151. The topological polar surface area (TPSA) is 73.9 Å². The van der Waals surface area contributed by atoms with Gasteiger partial charge in [-0.1, -0.05) is 18.5 Å². The second kappa shape index (κ2) is 6.46. The van der Waals surface area contributed by atoms with E-state index in [1.807, 2.05) is 12.1 Å². The molecule has 0 aliphatic carbocycles. The third kappa shape index (κ3) is 2.84. The third-order valence-electron chi connectivity index (χ3n) is 3.89. The molecule has 3 rings (SSSR count). The minimum Gasteiger partial charge on any atom is -0.350 e. The predicted molar refractivity (Wildman–Crippen MR) is 87.4 cm³/mol. The van der Waals surface area contributed by atoms with Crippen LogP contribution in [0.3, 0.4) is 0 Å². The van der Waals surface area contributed by atoms with Crippen LogP contribution in [0.5, 0.6) is 0 Å². The highest BCUT2D eigenvalue weighted by Gasteiger charge is 2.25. The maximum Gasteiger partial charge on any atom is 0.272 e. The number of rotatable bonds is 3. The molecule has 2 N–H and O–H groups in total. The predicted octanol–water partition coefficient (Wildman–Crippen LogP) is 1.67. The van der Waals surface area contributed by atoms with Crippen LogP contribution in [0.15, 0.2) is 29.3 Å². The molecule has 1 atom stereocenters. The first-order valence-corrected chi connectivity index (χ1v) is 7.76. The quantitative estimate of drug-likeness (QED) is 0.900. The molecule has 0 saturated carbocycles. The van der Waals surface area contributed by atoms with Crippen LogP contribution in [-0.4, -0.2) is 40.6 Å². The van der Waals surface area contributed by atoms with Gasteiger partial charge in [-0.25, -0.2) is 4.98 Å². The van der Waals surface area contributed by atoms with Crippen LogP contribution >= 0.6 is 11.6 Å². The van der Waals surface area contributed by atoms with Crippen molar-refractivity contribution in [3.05, 3.63) is 39.9 Å². The summed E-state index contributed by atoms with van der Waals surface area (Å²) < 4.78 is 0. The van der Waals surface area contributed by atoms with Gasteiger partial charge in [-0.3, -0.25) is 9.78 Å². The molecule has 22 heavy (non-hydrogen) atoms. The van der Waals surface area contributed by atoms with Crippen molar-refractivity contribution in [2.45, 2.75) is 19.4 Å². The van der Waals surface area contributed by atoms with Crippen LogP contribution < -0.4 is 15.8 Å². The minimum atomic E-state index is -0.313. The van der Waals surface area contributed by atoms with Gasteiger partial charge < -0.3 is 15.2 Å². The number of aromatic nitrogens is 3. The summed E-state index contributed by atoms with van der Waals surface area (Å²) >= 11 is 6.23. The van der Waals surface area contributed by atoms with Crippen molar-refractivity contribution in [3.8, 4) is 11.4 Å². The first-order valence-electron chi connectivity index (χ1n) is 7.38. The van der Waals surface area contributed by atoms with Crippen molar-refractivity contribution >= 4 is 17.4 Å². The molecule has 0 bridgehead atoms. The Hall–Kier alpha value is -1.92. The van der Waals surface area contributed by atoms with Gasteiger partial charge in [0.05, 0.1) is 0 Å². The molecule has 2 aromatic rings. The molecule has 2 aromatic heterocycles. The highest BCUT2D eigenvalue weighted by atomic mass is 35.5. The Bertz CT molecular complexity index is 703. The van der Waals surface area contributed by atoms with Gasteiger partial charge in [0.15, 0.2) is 5.82 Å². The van der Waals surface area contributed by atoms with Gasteiger partial charge in [-0.05, 0) is 18.6 Å². The van der Waals surface area contributed by atoms with E-state index in [1.54, 1.807) is 12.4 Å². The van der Waals surface area contributed by atoms with Gasteiger partial charge in [0.2, 0.25) is 0 Å². The zero-order valence-electron chi connectivity index (χ0n) is 12.3. The normalized spacial score (nSPS) is 18.5. The molecule has 7 heteroatoms. The number of anilines is 1. The van der Waals surface area contributed by atoms with E-state index in [0.29, 0.717) is 11.6 Å². The van der Waals surface area contributed by atoms with Crippen LogP contribution in [-0.2, 0) is 0 Å². The second-order valence-electron chi connectivity index (χ2n) is 5.25. The molecule has 116 valence electrons. The number of hydrogen-bond donors (Lipinski definition) is 2. The zero-order valence-corrected chi connectivity index (χ0v) is 13.1. The Balaban J connectivity index is 2.07. The van der Waals surface area contributed by atoms with Crippen molar-refractivity contribution in [2.24, 2.45) is 0 Å². The Morgan fingerprint density at radius 3 is 2.91 bits per heavy atom. The first kappa shape index (κ1) is 15.0. The fraction of sp³-hybridized carbons (Fsp3) is 0.400. The molecular formula is C15H18ClN5O. The highest BCUT2D eigenvalue weighted by Crippen LogP contribution is 2.26. The lowest BCUT2D eigenvalue weighted by Gasteiger charge is -2.37. The monoisotopic (exact) mass is 319 g/mol. The molecule has 3 heterocycles. The Kier molecular flexibility index (Phi) is 4.40. The van der Waals surface area contributed by atoms with Crippen LogP contribution in [0.1, 0.15) is 13.3 Å². The summed E-state index contributed by atoms with van der Waals surface area (Å²) in [6.45, 7) is 4.62. The summed E-state index contributed by atoms with van der Waals surface area (Å²) in [5, 5.41) is 3.51. The van der Waals surface area contributed by atoms with Crippen molar-refractivity contribution < 1.29 is 0 Å². The largest absolute Gasteiger partial charge is 0.350 e. The summed E-state index contributed by atoms with van der Waals surface area (Å²) in [5.41, 5.74) is 0.500. The number of pyridine rings is 1. The SMILES string of the molecule is CC[C@@H]1CNCCN1c1nc(-c2ccncc2)[nH]c(=O)c1Cl. The molecule has 1 saturated heterocycles. The first-order chi connectivity index (χ1) is 10.7. The van der Waals surface area contributed by atoms with Crippen LogP contribution in [0.2, 0.25) is 5.02 Å². The molecule has 0 amide bonds. The second-order valence-corrected chi connectivity index (χ2v) is 5.63. The van der Waals surface area contributed by atoms with Crippen molar-refractivity contribution in [2.75, 3.05) is 24.5 Å². The maximum atomic E-state index is 12.2. The number of nitrogens with zero attached hydrogens (tertiary/aromatic N) is 3. The lowest BCUT2D eigenvalue weighted by molar-refractivity contribution is 0.463. The standard InChI is InChI=1S/C15H18ClN5O/c1-2-11-9-18-7-8-21(11)14-12(16)15(22)20-13(19-14)10-3-5-17-6-4-10/h3-6,11,18H,2,7-9H2,1H3,(H,19,20,22)/t11-/m1/s1. The van der Waals surface area contributed by atoms with Gasteiger partial charge in [0, 0.05) is 43.6 Å². The molecular weight excluding hydrogens is 302 g/mol. The Morgan fingerprint density at radius 2 is 2.18 bits per heavy atom. The highest BCUT2D eigenvalue weighted by molar-refractivity contribution is 6.32. The van der Waals surface area contributed by atoms with Gasteiger partial charge in [0.1, 0.15) is 10.8 Å². The molecule has 1 aliphatic heterocycles. The fourth-order valence-corrected chi connectivity index (χ4v) is 2.89. The van der Waals surface area contributed by atoms with Gasteiger partial charge in [-0.15, -0.1) is 0 Å². The van der Waals surface area contributed by atoms with Gasteiger partial charge >= 0.3 is 0 Å². The molecule has 6 nitrogen and oxygen atoms in total. The number of aromatic amines is 1. The number of halogens is 1. The van der Waals surface area contributed by atoms with E-state index in [0.717, 1.165) is 31.6 Å². The van der Waals surface area contributed by atoms with Crippen LogP contribution in [0.4, 0.5) is 5.82 Å². The fourth-order valence-electron chi connectivity index (χ4n) is 2.69. The van der Waals surface area contributed by atoms with Gasteiger partial charge in [0.25, 0.3) is 5.56 Å². The average Bonchev–Trinajstić information content (AvgIpc) is 2.58. The van der Waals surface area contributed by atoms with Gasteiger partial charge in [-0.2, -0.15) is 0 Å². The molecule has 0 radical (unpaired) electrons. The summed E-state index contributed by atoms with van der Waals surface area (Å²) in [5.74, 6) is 1.07. The smallest absolute Gasteiger partial charge is 0.272 e. The van der Waals surface area contributed by atoms with Crippen molar-refractivity contribution in [3.63, 3.8) is 0 Å². The molecule has 0 unspecified atom stereocenters. The average molecular weight is 320 g/mol. The summed E-state index contributed by atoms with van der Waals surface area (Å²) in [4.78, 5) is 25.6. The van der Waals surface area contributed by atoms with E-state index < -0.39 is 0 Å². The van der Waals surface area contributed by atoms with E-state index >= 15 is 0 Å². The molecule has 0 aromatic carbocycles. The van der Waals surface area contributed by atoms with Crippen LogP contribution in [0.25, 0.3) is 11.4 Å². The number of nitrogens with one attached hydrogen (secondary N) is 2. The van der Waals surface area contributed by atoms with E-state index in [-0.39, 0.29) is 16.6 Å². The Labute approximate surface area is 133 Å². The Morgan fingerprint density at radius 1 is 1.41 bits per heavy atom. The number of hydrogen-bond acceptors (Lipinski definition) is 5. The van der Waals surface area contributed by atoms with E-state index in [2.05, 4.69) is 32.1 Å². The summed E-state index contributed by atoms with van der Waals surface area (Å²) in [7, 11) is 0. The van der Waals surface area contributed by atoms with Crippen molar-refractivity contribution in [1.82, 2.24) is 20.3 Å². The summed E-state index contributed by atoms with van der Waals surface area (Å²) in [6.07, 6.45) is 4.30. The third-order valence-corrected chi connectivity index (χ3v) is 4.23. The number of H-pyrrole nitrogens is 1.